The standard InChI is InChI=1S/C24H26N2O6S4/c1-18(16-23-25(12-6-14-35(27,28)29)19-8-2-4-10-21(19)33-23)17-24-26(13-7-15-36(30,31)32)20-9-3-5-11-22(20)34-24/h2-5,8-11,16-17H,6-7,12-15H2,1H3,(H-,27,28,29,30,31,32)/p-1. The van der Waals surface area contributed by atoms with Crippen molar-refractivity contribution in [3.8, 4) is 0 Å². The lowest BCUT2D eigenvalue weighted by Gasteiger charge is -2.21. The van der Waals surface area contributed by atoms with Gasteiger partial charge in [0.1, 0.15) is 4.70 Å². The molecule has 0 saturated heterocycles. The third-order valence-corrected chi connectivity index (χ3v) is 9.33. The fraction of sp³-hybridized carbons (Fsp3) is 0.292. The van der Waals surface area contributed by atoms with Gasteiger partial charge in [-0.05, 0) is 43.2 Å². The Kier molecular flexibility index (Phi) is 8.22. The molecule has 0 unspecified atom stereocenters. The highest BCUT2D eigenvalue weighted by atomic mass is 32.2. The van der Waals surface area contributed by atoms with Gasteiger partial charge in [-0.25, -0.2) is 16.8 Å². The first-order valence-electron chi connectivity index (χ1n) is 11.2. The van der Waals surface area contributed by atoms with E-state index in [1.54, 1.807) is 23.1 Å². The Bertz CT molecular complexity index is 1540. The molecule has 4 rings (SSSR count). The highest BCUT2D eigenvalue weighted by molar-refractivity contribution is 8.03. The molecule has 8 nitrogen and oxygen atoms in total. The summed E-state index contributed by atoms with van der Waals surface area (Å²) in [7, 11) is -8.56. The number of para-hydroxylation sites is 2. The Morgan fingerprint density at radius 2 is 1.64 bits per heavy atom. The Hall–Kier alpha value is -2.22. The molecule has 0 bridgehead atoms. The van der Waals surface area contributed by atoms with E-state index in [-0.39, 0.29) is 12.8 Å². The average Bonchev–Trinajstić information content (AvgIpc) is 3.30. The van der Waals surface area contributed by atoms with Crippen molar-refractivity contribution >= 4 is 65.3 Å². The molecule has 0 spiro atoms. The predicted octanol–water partition coefficient (Wildman–Crippen LogP) is 3.92. The van der Waals surface area contributed by atoms with Gasteiger partial charge < -0.3 is 14.0 Å². The summed E-state index contributed by atoms with van der Waals surface area (Å²) < 4.78 is 69.6. The van der Waals surface area contributed by atoms with Gasteiger partial charge in [0.05, 0.1) is 31.0 Å². The van der Waals surface area contributed by atoms with Gasteiger partial charge in [-0.1, -0.05) is 47.4 Å². The van der Waals surface area contributed by atoms with E-state index in [9.17, 15) is 25.9 Å². The van der Waals surface area contributed by atoms with Crippen LogP contribution in [0.3, 0.4) is 0 Å². The second-order valence-electron chi connectivity index (χ2n) is 8.38. The third kappa shape index (κ3) is 6.96. The zero-order valence-corrected chi connectivity index (χ0v) is 22.8. The molecule has 0 atom stereocenters. The van der Waals surface area contributed by atoms with Crippen molar-refractivity contribution < 1.29 is 30.5 Å². The van der Waals surface area contributed by atoms with Crippen LogP contribution in [0.2, 0.25) is 0 Å². The maximum absolute atomic E-state index is 11.1. The molecule has 1 aromatic heterocycles. The van der Waals surface area contributed by atoms with Crippen LogP contribution in [0.4, 0.5) is 5.69 Å². The van der Waals surface area contributed by atoms with E-state index in [1.807, 2.05) is 77.1 Å². The number of nitrogens with zero attached hydrogens (tertiary/aromatic N) is 2. The number of aryl methyl sites for hydroxylation is 1. The van der Waals surface area contributed by atoms with Crippen molar-refractivity contribution in [1.29, 1.82) is 0 Å². The number of allylic oxidation sites excluding steroid dienone is 2. The largest absolute Gasteiger partial charge is 0.748 e. The lowest BCUT2D eigenvalue weighted by molar-refractivity contribution is -0.668. The molecular weight excluding hydrogens is 541 g/mol. The maximum Gasteiger partial charge on any atom is 0.263 e. The fourth-order valence-corrected chi connectivity index (χ4v) is 7.38. The van der Waals surface area contributed by atoms with E-state index < -0.39 is 31.7 Å². The lowest BCUT2D eigenvalue weighted by atomic mass is 10.2. The molecule has 0 saturated carbocycles. The van der Waals surface area contributed by atoms with Crippen LogP contribution < -0.4 is 9.47 Å². The molecule has 12 heteroatoms. The lowest BCUT2D eigenvalue weighted by Crippen LogP contribution is -2.36. The van der Waals surface area contributed by atoms with Crippen LogP contribution in [-0.4, -0.2) is 44.0 Å². The maximum atomic E-state index is 11.1. The Morgan fingerprint density at radius 3 is 2.39 bits per heavy atom. The quantitative estimate of drug-likeness (QED) is 0.268. The summed E-state index contributed by atoms with van der Waals surface area (Å²) in [6.07, 6.45) is 4.49. The number of anilines is 1. The van der Waals surface area contributed by atoms with Gasteiger partial charge in [-0.2, -0.15) is 4.57 Å². The van der Waals surface area contributed by atoms with Crippen molar-refractivity contribution in [1.82, 2.24) is 0 Å². The monoisotopic (exact) mass is 565 g/mol. The predicted molar refractivity (Wildman–Crippen MR) is 142 cm³/mol. The first-order valence-corrected chi connectivity index (χ1v) is 16.0. The van der Waals surface area contributed by atoms with E-state index in [4.69, 9.17) is 0 Å². The second kappa shape index (κ2) is 11.0. The number of thiazole rings is 1. The van der Waals surface area contributed by atoms with Crippen LogP contribution in [0.15, 0.2) is 70.1 Å². The summed E-state index contributed by atoms with van der Waals surface area (Å²) in [6, 6.07) is 15.7. The third-order valence-electron chi connectivity index (χ3n) is 5.53. The molecule has 36 heavy (non-hydrogen) atoms. The van der Waals surface area contributed by atoms with Gasteiger partial charge in [0.2, 0.25) is 5.52 Å². The summed E-state index contributed by atoms with van der Waals surface area (Å²) in [5, 5.41) is 1.86. The first-order chi connectivity index (χ1) is 17.0. The molecule has 0 amide bonds. The number of thioether (sulfide) groups is 1. The summed E-state index contributed by atoms with van der Waals surface area (Å²) >= 11 is 3.16. The molecule has 192 valence electrons. The van der Waals surface area contributed by atoms with Crippen molar-refractivity contribution in [2.75, 3.05) is 23.0 Å². The number of hydrogen-bond acceptors (Lipinski definition) is 9. The van der Waals surface area contributed by atoms with Gasteiger partial charge in [0, 0.05) is 41.5 Å². The Morgan fingerprint density at radius 1 is 0.972 bits per heavy atom. The van der Waals surface area contributed by atoms with Gasteiger partial charge in [0.15, 0.2) is 6.54 Å². The Balaban J connectivity index is 1.63. The van der Waals surface area contributed by atoms with Crippen LogP contribution in [0, 0.1) is 0 Å². The average molecular weight is 566 g/mol. The van der Waals surface area contributed by atoms with Gasteiger partial charge in [-0.15, -0.1) is 0 Å². The van der Waals surface area contributed by atoms with E-state index in [0.717, 1.165) is 36.4 Å². The minimum atomic E-state index is -4.28. The van der Waals surface area contributed by atoms with E-state index in [1.165, 1.54) is 0 Å². The smallest absolute Gasteiger partial charge is 0.263 e. The molecule has 0 aliphatic carbocycles. The molecule has 1 aliphatic rings. The Labute approximate surface area is 219 Å². The van der Waals surface area contributed by atoms with E-state index in [0.29, 0.717) is 13.1 Å². The molecule has 2 aromatic carbocycles. The SMILES string of the molecule is CC(=Cc1sc2ccccc2[n+]1CCCS(=O)(=O)[O-])C=C1Sc2ccccc2N1CCCS(=O)(=O)[O-]. The van der Waals surface area contributed by atoms with Crippen LogP contribution in [-0.2, 0) is 26.8 Å². The summed E-state index contributed by atoms with van der Waals surface area (Å²) in [5.74, 6) is -0.835. The topological polar surface area (TPSA) is 122 Å². The number of rotatable bonds is 10. The summed E-state index contributed by atoms with van der Waals surface area (Å²) in [6.45, 7) is 2.77. The number of aromatic nitrogens is 1. The van der Waals surface area contributed by atoms with Gasteiger partial charge >= 0.3 is 0 Å². The second-order valence-corrected chi connectivity index (χ2v) is 13.6. The minimum absolute atomic E-state index is 0.222. The molecule has 3 aromatic rings. The van der Waals surface area contributed by atoms with Gasteiger partial charge in [-0.3, -0.25) is 0 Å². The van der Waals surface area contributed by atoms with E-state index >= 15 is 0 Å². The minimum Gasteiger partial charge on any atom is -0.748 e. The summed E-state index contributed by atoms with van der Waals surface area (Å²) in [5.41, 5.74) is 2.89. The van der Waals surface area contributed by atoms with Gasteiger partial charge in [0.25, 0.3) is 5.01 Å². The van der Waals surface area contributed by atoms with E-state index in [2.05, 4.69) is 0 Å². The molecule has 0 radical (unpaired) electrons. The normalized spacial score (nSPS) is 15.7. The zero-order chi connectivity index (χ0) is 25.9. The first kappa shape index (κ1) is 26.8. The van der Waals surface area contributed by atoms with Crippen LogP contribution in [0.1, 0.15) is 24.8 Å². The van der Waals surface area contributed by atoms with Crippen LogP contribution in [0.5, 0.6) is 0 Å². The molecule has 2 heterocycles. The fourth-order valence-electron chi connectivity index (χ4n) is 4.01. The zero-order valence-electron chi connectivity index (χ0n) is 19.5. The molecular formula is C24H25N2O6S4-. The van der Waals surface area contributed by atoms with Crippen LogP contribution >= 0.6 is 23.1 Å². The van der Waals surface area contributed by atoms with Crippen molar-refractivity contribution in [3.63, 3.8) is 0 Å². The molecule has 1 aliphatic heterocycles. The molecule has 0 fully saturated rings. The van der Waals surface area contributed by atoms with Crippen molar-refractivity contribution in [3.05, 3.63) is 70.2 Å². The summed E-state index contributed by atoms with van der Waals surface area (Å²) in [4.78, 5) is 3.08. The number of hydrogen-bond donors (Lipinski definition) is 0. The highest BCUT2D eigenvalue weighted by Gasteiger charge is 2.25. The molecule has 0 N–H and O–H groups in total. The van der Waals surface area contributed by atoms with Crippen molar-refractivity contribution in [2.45, 2.75) is 31.2 Å². The number of benzene rings is 2. The number of fused-ring (bicyclic) bond motifs is 2. The van der Waals surface area contributed by atoms with Crippen LogP contribution in [0.25, 0.3) is 16.3 Å². The highest BCUT2D eigenvalue weighted by Crippen LogP contribution is 2.46. The van der Waals surface area contributed by atoms with Crippen molar-refractivity contribution in [2.24, 2.45) is 0 Å².